The Hall–Kier alpha value is -1.44. The van der Waals surface area contributed by atoms with Crippen molar-refractivity contribution in [3.05, 3.63) is 30.3 Å². The topological polar surface area (TPSA) is 77.9 Å². The van der Waals surface area contributed by atoms with E-state index in [1.54, 1.807) is 28.6 Å². The number of hydrogen-bond acceptors (Lipinski definition) is 4. The van der Waals surface area contributed by atoms with Gasteiger partial charge in [-0.05, 0) is 43.5 Å². The molecule has 25 heavy (non-hydrogen) atoms. The van der Waals surface area contributed by atoms with Gasteiger partial charge in [-0.1, -0.05) is 32.0 Å². The predicted molar refractivity (Wildman–Crippen MR) is 96.9 cm³/mol. The molecule has 0 spiro atoms. The molecule has 0 atom stereocenters. The zero-order valence-electron chi connectivity index (χ0n) is 15.0. The van der Waals surface area contributed by atoms with Gasteiger partial charge in [0.2, 0.25) is 10.0 Å². The molecule has 6 nitrogen and oxygen atoms in total. The van der Waals surface area contributed by atoms with Gasteiger partial charge in [-0.3, -0.25) is 4.79 Å². The van der Waals surface area contributed by atoms with Gasteiger partial charge in [-0.25, -0.2) is 8.42 Å². The maximum Gasteiger partial charge on any atom is 0.303 e. The molecule has 140 valence electrons. The van der Waals surface area contributed by atoms with Crippen LogP contribution in [0.15, 0.2) is 35.2 Å². The molecule has 1 N–H and O–H groups in total. The molecule has 1 aromatic carbocycles. The summed E-state index contributed by atoms with van der Waals surface area (Å²) in [6, 6.07) is 8.55. The van der Waals surface area contributed by atoms with Crippen LogP contribution in [0.4, 0.5) is 0 Å². The van der Waals surface area contributed by atoms with Crippen molar-refractivity contribution >= 4 is 16.0 Å². The van der Waals surface area contributed by atoms with E-state index in [1.807, 2.05) is 19.9 Å². The smallest absolute Gasteiger partial charge is 0.303 e. The van der Waals surface area contributed by atoms with Crippen LogP contribution in [0.25, 0.3) is 0 Å². The fraction of sp³-hybridized carbons (Fsp3) is 0.611. The zero-order chi connectivity index (χ0) is 18.5. The second kappa shape index (κ2) is 8.29. The Bertz CT molecular complexity index is 674. The first-order chi connectivity index (χ1) is 11.7. The van der Waals surface area contributed by atoms with Crippen LogP contribution in [0.2, 0.25) is 0 Å². The van der Waals surface area contributed by atoms with E-state index < -0.39 is 16.0 Å². The molecule has 0 aromatic heterocycles. The molecule has 0 saturated carbocycles. The van der Waals surface area contributed by atoms with Gasteiger partial charge in [-0.15, -0.1) is 0 Å². The van der Waals surface area contributed by atoms with E-state index in [4.69, 9.17) is 5.11 Å². The van der Waals surface area contributed by atoms with Crippen molar-refractivity contribution < 1.29 is 18.3 Å². The third-order valence-corrected chi connectivity index (χ3v) is 6.58. The molecule has 7 heteroatoms. The van der Waals surface area contributed by atoms with Crippen LogP contribution in [-0.4, -0.2) is 61.4 Å². The van der Waals surface area contributed by atoms with Crippen LogP contribution in [0.3, 0.4) is 0 Å². The average Bonchev–Trinajstić information content (AvgIpc) is 2.79. The number of carbonyl (C=O) groups is 1. The summed E-state index contributed by atoms with van der Waals surface area (Å²) < 4.78 is 27.0. The van der Waals surface area contributed by atoms with Gasteiger partial charge in [0.25, 0.3) is 0 Å². The molecule has 1 fully saturated rings. The van der Waals surface area contributed by atoms with Gasteiger partial charge in [-0.2, -0.15) is 4.31 Å². The number of nitrogens with zero attached hydrogens (tertiary/aromatic N) is 2. The third kappa shape index (κ3) is 5.80. The Morgan fingerprint density at radius 3 is 2.44 bits per heavy atom. The quantitative estimate of drug-likeness (QED) is 0.799. The summed E-state index contributed by atoms with van der Waals surface area (Å²) in [6.07, 6.45) is 1.71. The highest BCUT2D eigenvalue weighted by Crippen LogP contribution is 2.26. The molecule has 1 saturated heterocycles. The highest BCUT2D eigenvalue weighted by Gasteiger charge is 2.28. The summed E-state index contributed by atoms with van der Waals surface area (Å²) in [5, 5.41) is 8.98. The fourth-order valence-electron chi connectivity index (χ4n) is 3.11. The number of sulfonamides is 1. The van der Waals surface area contributed by atoms with Crippen molar-refractivity contribution in [3.63, 3.8) is 0 Å². The molecule has 0 unspecified atom stereocenters. The van der Waals surface area contributed by atoms with Crippen molar-refractivity contribution in [1.29, 1.82) is 0 Å². The first-order valence-corrected chi connectivity index (χ1v) is 10.1. The summed E-state index contributed by atoms with van der Waals surface area (Å²) in [5.74, 6) is -0.777. The second-order valence-electron chi connectivity index (χ2n) is 7.40. The maximum atomic E-state index is 12.7. The van der Waals surface area contributed by atoms with E-state index in [0.29, 0.717) is 24.5 Å². The molecule has 0 amide bonds. The predicted octanol–water partition coefficient (Wildman–Crippen LogP) is 2.27. The first-order valence-electron chi connectivity index (χ1n) is 8.70. The Morgan fingerprint density at radius 1 is 1.12 bits per heavy atom. The fourth-order valence-corrected chi connectivity index (χ4v) is 4.60. The number of hydrogen-bond donors (Lipinski definition) is 1. The van der Waals surface area contributed by atoms with Gasteiger partial charge < -0.3 is 10.0 Å². The number of aliphatic carboxylic acids is 1. The number of carboxylic acid groups (broad SMARTS) is 1. The third-order valence-electron chi connectivity index (χ3n) is 4.66. The van der Waals surface area contributed by atoms with Crippen LogP contribution < -0.4 is 0 Å². The molecular formula is C18H28N2O4S. The van der Waals surface area contributed by atoms with E-state index in [1.165, 1.54) is 0 Å². The highest BCUT2D eigenvalue weighted by atomic mass is 32.2. The molecule has 2 rings (SSSR count). The minimum atomic E-state index is -3.44. The van der Waals surface area contributed by atoms with E-state index in [-0.39, 0.29) is 11.8 Å². The lowest BCUT2D eigenvalue weighted by atomic mass is 9.85. The monoisotopic (exact) mass is 368 g/mol. The summed E-state index contributed by atoms with van der Waals surface area (Å²) in [7, 11) is -3.44. The number of carboxylic acids is 1. The Kier molecular flexibility index (Phi) is 6.59. The van der Waals surface area contributed by atoms with Crippen molar-refractivity contribution in [2.75, 3.05) is 32.7 Å². The zero-order valence-corrected chi connectivity index (χ0v) is 15.8. The normalized spacial score (nSPS) is 18.0. The SMILES string of the molecule is CC(C)(CCN1CCCN(S(=O)(=O)c2ccccc2)CC1)CC(=O)O. The summed E-state index contributed by atoms with van der Waals surface area (Å²) in [6.45, 7) is 7.22. The molecule has 1 aliphatic rings. The molecule has 0 radical (unpaired) electrons. The Labute approximate surface area is 150 Å². The summed E-state index contributed by atoms with van der Waals surface area (Å²) in [5.41, 5.74) is -0.256. The average molecular weight is 368 g/mol. The largest absolute Gasteiger partial charge is 0.481 e. The minimum Gasteiger partial charge on any atom is -0.481 e. The van der Waals surface area contributed by atoms with Crippen LogP contribution in [0.1, 0.15) is 33.1 Å². The summed E-state index contributed by atoms with van der Waals surface area (Å²) in [4.78, 5) is 13.5. The lowest BCUT2D eigenvalue weighted by Gasteiger charge is -2.27. The lowest BCUT2D eigenvalue weighted by Crippen LogP contribution is -2.36. The van der Waals surface area contributed by atoms with Crippen LogP contribution in [0.5, 0.6) is 0 Å². The lowest BCUT2D eigenvalue weighted by molar-refractivity contribution is -0.139. The van der Waals surface area contributed by atoms with Crippen LogP contribution >= 0.6 is 0 Å². The van der Waals surface area contributed by atoms with Gasteiger partial charge in [0.15, 0.2) is 0 Å². The number of rotatable bonds is 7. The van der Waals surface area contributed by atoms with Crippen LogP contribution in [0, 0.1) is 5.41 Å². The van der Waals surface area contributed by atoms with Gasteiger partial charge in [0.05, 0.1) is 11.3 Å². The summed E-state index contributed by atoms with van der Waals surface area (Å²) >= 11 is 0. The second-order valence-corrected chi connectivity index (χ2v) is 9.33. The molecule has 1 aliphatic heterocycles. The number of benzene rings is 1. The minimum absolute atomic E-state index is 0.148. The Morgan fingerprint density at radius 2 is 1.80 bits per heavy atom. The van der Waals surface area contributed by atoms with Gasteiger partial charge in [0.1, 0.15) is 0 Å². The molecule has 0 bridgehead atoms. The molecule has 1 aromatic rings. The standard InChI is InChI=1S/C18H28N2O4S/c1-18(2,15-17(21)22)9-12-19-10-6-11-20(14-13-19)25(23,24)16-7-4-3-5-8-16/h3-5,7-8H,6,9-15H2,1-2H3,(H,21,22). The van der Waals surface area contributed by atoms with E-state index in [9.17, 15) is 13.2 Å². The maximum absolute atomic E-state index is 12.7. The van der Waals surface area contributed by atoms with Crippen molar-refractivity contribution in [1.82, 2.24) is 9.21 Å². The molecule has 0 aliphatic carbocycles. The van der Waals surface area contributed by atoms with Crippen LogP contribution in [-0.2, 0) is 14.8 Å². The molecular weight excluding hydrogens is 340 g/mol. The van der Waals surface area contributed by atoms with Gasteiger partial charge in [0, 0.05) is 19.6 Å². The highest BCUT2D eigenvalue weighted by molar-refractivity contribution is 7.89. The van der Waals surface area contributed by atoms with Gasteiger partial charge >= 0.3 is 5.97 Å². The van der Waals surface area contributed by atoms with Crippen molar-refractivity contribution in [3.8, 4) is 0 Å². The van der Waals surface area contributed by atoms with E-state index in [0.717, 1.165) is 25.9 Å². The Balaban J connectivity index is 1.93. The van der Waals surface area contributed by atoms with Crippen molar-refractivity contribution in [2.24, 2.45) is 5.41 Å². The molecule has 1 heterocycles. The van der Waals surface area contributed by atoms with E-state index in [2.05, 4.69) is 4.90 Å². The first kappa shape index (κ1) is 19.9. The van der Waals surface area contributed by atoms with Crippen molar-refractivity contribution in [2.45, 2.75) is 38.0 Å². The van der Waals surface area contributed by atoms with E-state index >= 15 is 0 Å².